The Labute approximate surface area is 113 Å². The molecule has 19 heavy (non-hydrogen) atoms. The van der Waals surface area contributed by atoms with Crippen LogP contribution in [-0.4, -0.2) is 54.9 Å². The molecule has 1 aromatic rings. The van der Waals surface area contributed by atoms with Crippen molar-refractivity contribution >= 4 is 11.6 Å². The Hall–Kier alpha value is -1.59. The van der Waals surface area contributed by atoms with E-state index >= 15 is 0 Å². The maximum atomic E-state index is 12.4. The van der Waals surface area contributed by atoms with Crippen LogP contribution < -0.4 is 5.32 Å². The van der Waals surface area contributed by atoms with Crippen molar-refractivity contribution in [1.29, 1.82) is 0 Å². The maximum absolute atomic E-state index is 12.4. The Balaban J connectivity index is 2.09. The molecule has 1 fully saturated rings. The van der Waals surface area contributed by atoms with E-state index in [2.05, 4.69) is 5.32 Å². The van der Waals surface area contributed by atoms with Gasteiger partial charge in [-0.15, -0.1) is 0 Å². The SMILES string of the molecule is CCNc1ccc(C(=O)N2CCOCC2CO)cc1. The first-order valence-corrected chi connectivity index (χ1v) is 6.59. The zero-order valence-corrected chi connectivity index (χ0v) is 11.1. The minimum absolute atomic E-state index is 0.0506. The second kappa shape index (κ2) is 6.54. The highest BCUT2D eigenvalue weighted by Crippen LogP contribution is 2.15. The summed E-state index contributed by atoms with van der Waals surface area (Å²) in [5.74, 6) is -0.0506. The summed E-state index contributed by atoms with van der Waals surface area (Å²) in [4.78, 5) is 14.1. The number of carbonyl (C=O) groups is 1. The molecule has 0 aliphatic carbocycles. The normalized spacial score (nSPS) is 19.3. The van der Waals surface area contributed by atoms with Crippen LogP contribution >= 0.6 is 0 Å². The van der Waals surface area contributed by atoms with Gasteiger partial charge < -0.3 is 20.1 Å². The van der Waals surface area contributed by atoms with Crippen molar-refractivity contribution in [3.05, 3.63) is 29.8 Å². The standard InChI is InChI=1S/C14H20N2O3/c1-2-15-12-5-3-11(4-6-12)14(18)16-7-8-19-10-13(16)9-17/h3-6,13,15,17H,2,7-10H2,1H3. The first-order chi connectivity index (χ1) is 9.26. The quantitative estimate of drug-likeness (QED) is 0.850. The molecule has 1 aliphatic rings. The number of rotatable bonds is 4. The van der Waals surface area contributed by atoms with E-state index < -0.39 is 0 Å². The van der Waals surface area contributed by atoms with Gasteiger partial charge in [0.2, 0.25) is 0 Å². The average molecular weight is 264 g/mol. The predicted octanol–water partition coefficient (Wildman–Crippen LogP) is 0.952. The molecule has 2 N–H and O–H groups in total. The fraction of sp³-hybridized carbons (Fsp3) is 0.500. The molecule has 0 spiro atoms. The number of hydrogen-bond acceptors (Lipinski definition) is 4. The highest BCUT2D eigenvalue weighted by atomic mass is 16.5. The molecule has 5 heteroatoms. The molecule has 1 atom stereocenters. The van der Waals surface area contributed by atoms with E-state index in [1.807, 2.05) is 31.2 Å². The molecule has 0 radical (unpaired) electrons. The second-order valence-electron chi connectivity index (χ2n) is 4.52. The molecule has 1 heterocycles. The van der Waals surface area contributed by atoms with Gasteiger partial charge in [0, 0.05) is 24.3 Å². The highest BCUT2D eigenvalue weighted by Gasteiger charge is 2.27. The van der Waals surface area contributed by atoms with E-state index in [9.17, 15) is 9.90 Å². The van der Waals surface area contributed by atoms with Crippen LogP contribution in [0.5, 0.6) is 0 Å². The average Bonchev–Trinajstić information content (AvgIpc) is 2.47. The molecule has 1 unspecified atom stereocenters. The Morgan fingerprint density at radius 3 is 2.84 bits per heavy atom. The summed E-state index contributed by atoms with van der Waals surface area (Å²) in [6.07, 6.45) is 0. The summed E-state index contributed by atoms with van der Waals surface area (Å²) < 4.78 is 5.28. The number of benzene rings is 1. The molecule has 1 amide bonds. The van der Waals surface area contributed by atoms with Gasteiger partial charge in [-0.1, -0.05) is 0 Å². The van der Waals surface area contributed by atoms with Crippen molar-refractivity contribution in [1.82, 2.24) is 4.90 Å². The fourth-order valence-corrected chi connectivity index (χ4v) is 2.17. The van der Waals surface area contributed by atoms with Crippen molar-refractivity contribution in [3.8, 4) is 0 Å². The Kier molecular flexibility index (Phi) is 4.76. The van der Waals surface area contributed by atoms with E-state index in [0.717, 1.165) is 12.2 Å². The van der Waals surface area contributed by atoms with Crippen LogP contribution in [0.15, 0.2) is 24.3 Å². The van der Waals surface area contributed by atoms with Crippen LogP contribution in [0.4, 0.5) is 5.69 Å². The van der Waals surface area contributed by atoms with Crippen LogP contribution in [0, 0.1) is 0 Å². The lowest BCUT2D eigenvalue weighted by atomic mass is 10.1. The van der Waals surface area contributed by atoms with Crippen LogP contribution in [0.25, 0.3) is 0 Å². The summed E-state index contributed by atoms with van der Waals surface area (Å²) >= 11 is 0. The highest BCUT2D eigenvalue weighted by molar-refractivity contribution is 5.94. The van der Waals surface area contributed by atoms with Gasteiger partial charge in [0.05, 0.1) is 25.9 Å². The Bertz CT molecular complexity index is 419. The topological polar surface area (TPSA) is 61.8 Å². The third kappa shape index (κ3) is 3.24. The molecular formula is C14H20N2O3. The van der Waals surface area contributed by atoms with E-state index in [0.29, 0.717) is 25.3 Å². The number of amides is 1. The number of ether oxygens (including phenoxy) is 1. The van der Waals surface area contributed by atoms with Crippen molar-refractivity contribution < 1.29 is 14.6 Å². The Morgan fingerprint density at radius 2 is 2.21 bits per heavy atom. The molecule has 0 bridgehead atoms. The van der Waals surface area contributed by atoms with Crippen LogP contribution in [-0.2, 0) is 4.74 Å². The molecule has 104 valence electrons. The molecule has 1 aliphatic heterocycles. The van der Waals surface area contributed by atoms with Gasteiger partial charge in [-0.3, -0.25) is 4.79 Å². The summed E-state index contributed by atoms with van der Waals surface area (Å²) in [6.45, 7) is 4.26. The zero-order valence-electron chi connectivity index (χ0n) is 11.1. The molecule has 1 aromatic carbocycles. The van der Waals surface area contributed by atoms with Gasteiger partial charge in [-0.25, -0.2) is 0 Å². The summed E-state index contributed by atoms with van der Waals surface area (Å²) in [7, 11) is 0. The maximum Gasteiger partial charge on any atom is 0.254 e. The van der Waals surface area contributed by atoms with Gasteiger partial charge in [0.15, 0.2) is 0 Å². The minimum atomic E-state index is -0.241. The molecule has 1 saturated heterocycles. The molecule has 0 saturated carbocycles. The van der Waals surface area contributed by atoms with Crippen molar-refractivity contribution in [2.75, 3.05) is 38.2 Å². The van der Waals surface area contributed by atoms with Gasteiger partial charge in [-0.2, -0.15) is 0 Å². The monoisotopic (exact) mass is 264 g/mol. The predicted molar refractivity (Wildman–Crippen MR) is 73.3 cm³/mol. The van der Waals surface area contributed by atoms with Gasteiger partial charge >= 0.3 is 0 Å². The van der Waals surface area contributed by atoms with Crippen molar-refractivity contribution in [3.63, 3.8) is 0 Å². The number of morpholine rings is 1. The number of anilines is 1. The Morgan fingerprint density at radius 1 is 1.47 bits per heavy atom. The summed E-state index contributed by atoms with van der Waals surface area (Å²) in [6, 6.07) is 7.17. The summed E-state index contributed by atoms with van der Waals surface area (Å²) in [5.41, 5.74) is 1.64. The smallest absolute Gasteiger partial charge is 0.254 e. The van der Waals surface area contributed by atoms with Crippen molar-refractivity contribution in [2.24, 2.45) is 0 Å². The van der Waals surface area contributed by atoms with Gasteiger partial charge in [-0.05, 0) is 31.2 Å². The van der Waals surface area contributed by atoms with Crippen LogP contribution in [0.2, 0.25) is 0 Å². The number of carbonyl (C=O) groups excluding carboxylic acids is 1. The lowest BCUT2D eigenvalue weighted by molar-refractivity contribution is -0.0183. The first kappa shape index (κ1) is 13.8. The lowest BCUT2D eigenvalue weighted by Crippen LogP contribution is -2.50. The zero-order chi connectivity index (χ0) is 13.7. The fourth-order valence-electron chi connectivity index (χ4n) is 2.17. The van der Waals surface area contributed by atoms with Crippen LogP contribution in [0.1, 0.15) is 17.3 Å². The molecular weight excluding hydrogens is 244 g/mol. The third-order valence-corrected chi connectivity index (χ3v) is 3.21. The first-order valence-electron chi connectivity index (χ1n) is 6.59. The van der Waals surface area contributed by atoms with E-state index in [4.69, 9.17) is 4.74 Å². The summed E-state index contributed by atoms with van der Waals surface area (Å²) in [5, 5.41) is 12.5. The lowest BCUT2D eigenvalue weighted by Gasteiger charge is -2.34. The van der Waals surface area contributed by atoms with Gasteiger partial charge in [0.25, 0.3) is 5.91 Å². The minimum Gasteiger partial charge on any atom is -0.394 e. The molecule has 0 aromatic heterocycles. The second-order valence-corrected chi connectivity index (χ2v) is 4.52. The largest absolute Gasteiger partial charge is 0.394 e. The van der Waals surface area contributed by atoms with E-state index in [1.54, 1.807) is 4.90 Å². The molecule has 2 rings (SSSR count). The van der Waals surface area contributed by atoms with Crippen LogP contribution in [0.3, 0.4) is 0 Å². The third-order valence-electron chi connectivity index (χ3n) is 3.21. The van der Waals surface area contributed by atoms with E-state index in [-0.39, 0.29) is 18.6 Å². The number of hydrogen-bond donors (Lipinski definition) is 2. The number of nitrogens with one attached hydrogen (secondary N) is 1. The number of aliphatic hydroxyl groups is 1. The van der Waals surface area contributed by atoms with E-state index in [1.165, 1.54) is 0 Å². The number of aliphatic hydroxyl groups excluding tert-OH is 1. The van der Waals surface area contributed by atoms with Gasteiger partial charge in [0.1, 0.15) is 0 Å². The molecule has 5 nitrogen and oxygen atoms in total. The number of nitrogens with zero attached hydrogens (tertiary/aromatic N) is 1. The van der Waals surface area contributed by atoms with Crippen molar-refractivity contribution in [2.45, 2.75) is 13.0 Å².